The summed E-state index contributed by atoms with van der Waals surface area (Å²) >= 11 is 3.32. The summed E-state index contributed by atoms with van der Waals surface area (Å²) in [7, 11) is 1.58. The van der Waals surface area contributed by atoms with Gasteiger partial charge in [-0.25, -0.2) is 4.39 Å². The molecule has 0 unspecified atom stereocenters. The molecule has 2 N–H and O–H groups in total. The highest BCUT2D eigenvalue weighted by Crippen LogP contribution is 2.21. The van der Waals surface area contributed by atoms with Gasteiger partial charge in [0.1, 0.15) is 5.82 Å². The van der Waals surface area contributed by atoms with E-state index in [1.807, 2.05) is 12.1 Å². The van der Waals surface area contributed by atoms with Crippen molar-refractivity contribution >= 4 is 33.2 Å². The Morgan fingerprint density at radius 3 is 2.47 bits per heavy atom. The Bertz CT molecular complexity index is 599. The summed E-state index contributed by atoms with van der Waals surface area (Å²) in [6.45, 7) is 0. The van der Waals surface area contributed by atoms with Gasteiger partial charge in [-0.1, -0.05) is 22.0 Å². The lowest BCUT2D eigenvalue weighted by Gasteiger charge is -2.10. The molecule has 2 aromatic carbocycles. The van der Waals surface area contributed by atoms with Crippen LogP contribution in [0, 0.1) is 5.82 Å². The van der Waals surface area contributed by atoms with Crippen LogP contribution < -0.4 is 10.6 Å². The number of para-hydroxylation sites is 1. The molecule has 98 valence electrons. The fourth-order valence-electron chi connectivity index (χ4n) is 1.70. The molecule has 2 rings (SSSR count). The molecule has 0 radical (unpaired) electrons. The van der Waals surface area contributed by atoms with Gasteiger partial charge in [-0.15, -0.1) is 0 Å². The highest BCUT2D eigenvalue weighted by Gasteiger charge is 2.14. The molecule has 1 amide bonds. The number of amides is 1. The maximum Gasteiger partial charge on any atom is 0.257 e. The summed E-state index contributed by atoms with van der Waals surface area (Å²) < 4.78 is 14.5. The molecular formula is C14H12BrFN2O. The normalized spacial score (nSPS) is 10.1. The van der Waals surface area contributed by atoms with Crippen LogP contribution in [-0.4, -0.2) is 13.0 Å². The molecule has 0 aliphatic heterocycles. The smallest absolute Gasteiger partial charge is 0.257 e. The topological polar surface area (TPSA) is 41.1 Å². The van der Waals surface area contributed by atoms with Crippen LogP contribution in [0.15, 0.2) is 46.9 Å². The second-order valence-electron chi connectivity index (χ2n) is 3.87. The van der Waals surface area contributed by atoms with E-state index in [2.05, 4.69) is 26.6 Å². The van der Waals surface area contributed by atoms with Gasteiger partial charge in [0.05, 0.1) is 11.3 Å². The van der Waals surface area contributed by atoms with E-state index in [1.165, 1.54) is 12.1 Å². The van der Waals surface area contributed by atoms with Crippen molar-refractivity contribution in [2.45, 2.75) is 0 Å². The van der Waals surface area contributed by atoms with Crippen LogP contribution >= 0.6 is 15.9 Å². The summed E-state index contributed by atoms with van der Waals surface area (Å²) in [4.78, 5) is 12.1. The van der Waals surface area contributed by atoms with Gasteiger partial charge in [-0.3, -0.25) is 4.79 Å². The lowest BCUT2D eigenvalue weighted by molar-refractivity contribution is 0.102. The molecule has 0 aliphatic carbocycles. The third-order valence-corrected chi connectivity index (χ3v) is 3.14. The molecule has 19 heavy (non-hydrogen) atoms. The second-order valence-corrected chi connectivity index (χ2v) is 4.79. The van der Waals surface area contributed by atoms with E-state index in [0.717, 1.165) is 4.47 Å². The van der Waals surface area contributed by atoms with E-state index in [1.54, 1.807) is 25.2 Å². The van der Waals surface area contributed by atoms with Gasteiger partial charge in [-0.2, -0.15) is 0 Å². The zero-order chi connectivity index (χ0) is 13.8. The van der Waals surface area contributed by atoms with E-state index in [-0.39, 0.29) is 17.2 Å². The molecule has 0 bridgehead atoms. The Hall–Kier alpha value is -1.88. The number of hydrogen-bond donors (Lipinski definition) is 2. The molecule has 0 saturated carbocycles. The summed E-state index contributed by atoms with van der Waals surface area (Å²) in [5.74, 6) is -0.808. The van der Waals surface area contributed by atoms with Crippen molar-refractivity contribution in [1.29, 1.82) is 0 Å². The van der Waals surface area contributed by atoms with Gasteiger partial charge in [-0.05, 0) is 36.4 Å². The van der Waals surface area contributed by atoms with Crippen molar-refractivity contribution in [2.24, 2.45) is 0 Å². The first kappa shape index (κ1) is 13.5. The van der Waals surface area contributed by atoms with Gasteiger partial charge in [0, 0.05) is 17.2 Å². The summed E-state index contributed by atoms with van der Waals surface area (Å²) in [5.41, 5.74) is 1.11. The van der Waals surface area contributed by atoms with Gasteiger partial charge < -0.3 is 10.6 Å². The maximum atomic E-state index is 13.6. The van der Waals surface area contributed by atoms with E-state index in [4.69, 9.17) is 0 Å². The molecule has 0 heterocycles. The molecule has 0 fully saturated rings. The van der Waals surface area contributed by atoms with Crippen molar-refractivity contribution in [3.63, 3.8) is 0 Å². The van der Waals surface area contributed by atoms with Crippen LogP contribution in [0.2, 0.25) is 0 Å². The van der Waals surface area contributed by atoms with Crippen molar-refractivity contribution in [2.75, 3.05) is 17.7 Å². The van der Waals surface area contributed by atoms with Crippen LogP contribution in [0.3, 0.4) is 0 Å². The van der Waals surface area contributed by atoms with E-state index in [9.17, 15) is 9.18 Å². The fraction of sp³-hybridized carbons (Fsp3) is 0.0714. The third kappa shape index (κ3) is 3.12. The number of carbonyl (C=O) groups is 1. The molecular weight excluding hydrogens is 311 g/mol. The fourth-order valence-corrected chi connectivity index (χ4v) is 1.96. The van der Waals surface area contributed by atoms with Crippen LogP contribution in [0.25, 0.3) is 0 Å². The Morgan fingerprint density at radius 1 is 1.16 bits per heavy atom. The first-order chi connectivity index (χ1) is 9.11. The van der Waals surface area contributed by atoms with Gasteiger partial charge in [0.25, 0.3) is 5.91 Å². The highest BCUT2D eigenvalue weighted by molar-refractivity contribution is 9.10. The van der Waals surface area contributed by atoms with Crippen LogP contribution in [0.4, 0.5) is 15.8 Å². The zero-order valence-corrected chi connectivity index (χ0v) is 11.8. The zero-order valence-electron chi connectivity index (χ0n) is 10.2. The number of hydrogen-bond acceptors (Lipinski definition) is 2. The van der Waals surface area contributed by atoms with Crippen molar-refractivity contribution in [3.05, 3.63) is 58.3 Å². The molecule has 0 aliphatic rings. The van der Waals surface area contributed by atoms with Crippen molar-refractivity contribution in [1.82, 2.24) is 0 Å². The molecule has 0 spiro atoms. The predicted molar refractivity (Wildman–Crippen MR) is 78.0 cm³/mol. The Balaban J connectivity index is 2.25. The molecule has 5 heteroatoms. The Labute approximate surface area is 119 Å². The number of anilines is 2. The van der Waals surface area contributed by atoms with Gasteiger partial charge >= 0.3 is 0 Å². The monoisotopic (exact) mass is 322 g/mol. The predicted octanol–water partition coefficient (Wildman–Crippen LogP) is 3.88. The summed E-state index contributed by atoms with van der Waals surface area (Å²) in [6, 6.07) is 11.6. The molecule has 0 saturated heterocycles. The maximum absolute atomic E-state index is 13.6. The number of nitrogens with one attached hydrogen (secondary N) is 2. The molecule has 3 nitrogen and oxygen atoms in total. The molecule has 2 aromatic rings. The van der Waals surface area contributed by atoms with E-state index in [0.29, 0.717) is 5.69 Å². The van der Waals surface area contributed by atoms with Crippen molar-refractivity contribution < 1.29 is 9.18 Å². The molecule has 0 atom stereocenters. The van der Waals surface area contributed by atoms with Crippen LogP contribution in [-0.2, 0) is 0 Å². The van der Waals surface area contributed by atoms with Gasteiger partial charge in [0.2, 0.25) is 0 Å². The van der Waals surface area contributed by atoms with Crippen molar-refractivity contribution in [3.8, 4) is 0 Å². The lowest BCUT2D eigenvalue weighted by atomic mass is 10.1. The molecule has 0 aromatic heterocycles. The Morgan fingerprint density at radius 2 is 1.84 bits per heavy atom. The minimum Gasteiger partial charge on any atom is -0.385 e. The lowest BCUT2D eigenvalue weighted by Crippen LogP contribution is -2.14. The average molecular weight is 323 g/mol. The largest absolute Gasteiger partial charge is 0.385 e. The summed E-state index contributed by atoms with van der Waals surface area (Å²) in [5, 5.41) is 5.42. The average Bonchev–Trinajstić information content (AvgIpc) is 2.41. The van der Waals surface area contributed by atoms with Gasteiger partial charge in [0.15, 0.2) is 0 Å². The third-order valence-electron chi connectivity index (χ3n) is 2.61. The van der Waals surface area contributed by atoms with E-state index < -0.39 is 5.82 Å². The first-order valence-electron chi connectivity index (χ1n) is 5.65. The Kier molecular flexibility index (Phi) is 4.16. The standard InChI is InChI=1S/C14H12BrFN2O/c1-17-13-11(3-2-4-12(13)16)14(19)18-10-7-5-9(15)6-8-10/h2-8,17H,1H3,(H,18,19). The quantitative estimate of drug-likeness (QED) is 0.900. The number of carbonyl (C=O) groups excluding carboxylic acids is 1. The van der Waals surface area contributed by atoms with E-state index >= 15 is 0 Å². The minimum absolute atomic E-state index is 0.192. The second kappa shape index (κ2) is 5.84. The number of rotatable bonds is 3. The van der Waals surface area contributed by atoms with Crippen LogP contribution in [0.1, 0.15) is 10.4 Å². The first-order valence-corrected chi connectivity index (χ1v) is 6.44. The SMILES string of the molecule is CNc1c(F)cccc1C(=O)Nc1ccc(Br)cc1. The highest BCUT2D eigenvalue weighted by atomic mass is 79.9. The number of halogens is 2. The minimum atomic E-state index is -0.453. The van der Waals surface area contributed by atoms with Crippen LogP contribution in [0.5, 0.6) is 0 Å². The summed E-state index contributed by atoms with van der Waals surface area (Å²) in [6.07, 6.45) is 0. The number of benzene rings is 2.